The molecule has 2 heterocycles. The fourth-order valence-corrected chi connectivity index (χ4v) is 1.25. The highest BCUT2D eigenvalue weighted by atomic mass is 16.2. The Bertz CT molecular complexity index is 530. The first-order chi connectivity index (χ1) is 7.77. The van der Waals surface area contributed by atoms with E-state index in [4.69, 9.17) is 0 Å². The van der Waals surface area contributed by atoms with Gasteiger partial charge in [-0.05, 0) is 0 Å². The van der Waals surface area contributed by atoms with Gasteiger partial charge in [0.1, 0.15) is 5.56 Å². The minimum absolute atomic E-state index is 0.103. The fraction of sp³-hybridized carbons (Fsp3) is 0.100. The molecule has 2 aromatic rings. The highest BCUT2D eigenvalue weighted by Crippen LogP contribution is 1.94. The van der Waals surface area contributed by atoms with Crippen molar-refractivity contribution in [2.75, 3.05) is 0 Å². The van der Waals surface area contributed by atoms with E-state index < -0.39 is 5.91 Å². The molecule has 0 aromatic carbocycles. The summed E-state index contributed by atoms with van der Waals surface area (Å²) < 4.78 is 0. The van der Waals surface area contributed by atoms with Gasteiger partial charge in [-0.2, -0.15) is 5.10 Å². The van der Waals surface area contributed by atoms with Gasteiger partial charge in [-0.25, -0.2) is 0 Å². The zero-order chi connectivity index (χ0) is 11.4. The van der Waals surface area contributed by atoms with E-state index >= 15 is 0 Å². The molecule has 6 heteroatoms. The molecule has 0 fully saturated rings. The molecule has 6 nitrogen and oxygen atoms in total. The molecule has 3 N–H and O–H groups in total. The minimum atomic E-state index is -0.400. The van der Waals surface area contributed by atoms with Gasteiger partial charge in [0.2, 0.25) is 0 Å². The Labute approximate surface area is 90.7 Å². The summed E-state index contributed by atoms with van der Waals surface area (Å²) in [6.07, 6.45) is 6.15. The van der Waals surface area contributed by atoms with Crippen molar-refractivity contribution in [2.24, 2.45) is 0 Å². The molecule has 2 rings (SSSR count). The Balaban J connectivity index is 2.04. The molecule has 2 aromatic heterocycles. The Morgan fingerprint density at radius 2 is 2.31 bits per heavy atom. The van der Waals surface area contributed by atoms with E-state index in [1.165, 1.54) is 18.5 Å². The number of amides is 1. The quantitative estimate of drug-likeness (QED) is 0.678. The molecular formula is C10H10N4O2. The summed E-state index contributed by atoms with van der Waals surface area (Å²) in [6, 6.07) is 1.31. The van der Waals surface area contributed by atoms with Crippen LogP contribution in [-0.2, 0) is 6.54 Å². The molecule has 0 spiro atoms. The number of H-pyrrole nitrogens is 2. The molecule has 0 unspecified atom stereocenters. The van der Waals surface area contributed by atoms with E-state index in [9.17, 15) is 9.59 Å². The van der Waals surface area contributed by atoms with Crippen LogP contribution in [0.3, 0.4) is 0 Å². The molecule has 0 atom stereocenters. The van der Waals surface area contributed by atoms with E-state index in [2.05, 4.69) is 20.5 Å². The number of nitrogens with zero attached hydrogens (tertiary/aromatic N) is 1. The van der Waals surface area contributed by atoms with Crippen molar-refractivity contribution in [3.8, 4) is 0 Å². The lowest BCUT2D eigenvalue weighted by Crippen LogP contribution is -2.27. The van der Waals surface area contributed by atoms with Crippen LogP contribution in [0.15, 0.2) is 35.6 Å². The van der Waals surface area contributed by atoms with Crippen LogP contribution in [0.4, 0.5) is 0 Å². The number of pyridine rings is 1. The van der Waals surface area contributed by atoms with Crippen molar-refractivity contribution < 1.29 is 4.79 Å². The van der Waals surface area contributed by atoms with E-state index in [0.29, 0.717) is 6.54 Å². The van der Waals surface area contributed by atoms with Crippen molar-refractivity contribution in [3.63, 3.8) is 0 Å². The lowest BCUT2D eigenvalue weighted by atomic mass is 10.2. The maximum absolute atomic E-state index is 11.6. The number of hydrogen-bond donors (Lipinski definition) is 3. The van der Waals surface area contributed by atoms with Crippen LogP contribution in [0.25, 0.3) is 0 Å². The zero-order valence-electron chi connectivity index (χ0n) is 8.36. The number of carbonyl (C=O) groups excluding carboxylic acids is 1. The fourth-order valence-electron chi connectivity index (χ4n) is 1.25. The number of nitrogens with one attached hydrogen (secondary N) is 3. The SMILES string of the molecule is O=C(NCc1cn[nH]c1)c1c[nH]ccc1=O. The summed E-state index contributed by atoms with van der Waals surface area (Å²) in [5.41, 5.74) is 0.648. The highest BCUT2D eigenvalue weighted by molar-refractivity contribution is 5.93. The first-order valence-corrected chi connectivity index (χ1v) is 4.70. The lowest BCUT2D eigenvalue weighted by molar-refractivity contribution is 0.0949. The number of hydrogen-bond acceptors (Lipinski definition) is 3. The van der Waals surface area contributed by atoms with Gasteiger partial charge in [-0.1, -0.05) is 0 Å². The second kappa shape index (κ2) is 4.43. The van der Waals surface area contributed by atoms with E-state index in [0.717, 1.165) is 5.56 Å². The average molecular weight is 218 g/mol. The molecule has 0 radical (unpaired) electrons. The Kier molecular flexibility index (Phi) is 2.81. The first kappa shape index (κ1) is 10.2. The summed E-state index contributed by atoms with van der Waals surface area (Å²) in [4.78, 5) is 25.6. The molecule has 82 valence electrons. The summed E-state index contributed by atoms with van der Waals surface area (Å²) >= 11 is 0. The number of aromatic amines is 2. The molecule has 0 saturated carbocycles. The molecule has 0 bridgehead atoms. The van der Waals surface area contributed by atoms with Crippen molar-refractivity contribution in [1.29, 1.82) is 0 Å². The van der Waals surface area contributed by atoms with E-state index in [1.54, 1.807) is 12.4 Å². The lowest BCUT2D eigenvalue weighted by Gasteiger charge is -2.01. The van der Waals surface area contributed by atoms with E-state index in [-0.39, 0.29) is 11.0 Å². The monoisotopic (exact) mass is 218 g/mol. The zero-order valence-corrected chi connectivity index (χ0v) is 8.36. The first-order valence-electron chi connectivity index (χ1n) is 4.70. The number of rotatable bonds is 3. The topological polar surface area (TPSA) is 90.6 Å². The Morgan fingerprint density at radius 3 is 3.00 bits per heavy atom. The van der Waals surface area contributed by atoms with Crippen LogP contribution in [0.2, 0.25) is 0 Å². The minimum Gasteiger partial charge on any atom is -0.367 e. The van der Waals surface area contributed by atoms with Gasteiger partial charge in [0.25, 0.3) is 5.91 Å². The molecule has 0 aliphatic rings. The van der Waals surface area contributed by atoms with Crippen LogP contribution < -0.4 is 10.7 Å². The second-order valence-corrected chi connectivity index (χ2v) is 3.21. The molecule has 1 amide bonds. The second-order valence-electron chi connectivity index (χ2n) is 3.21. The van der Waals surface area contributed by atoms with Gasteiger partial charge in [0.05, 0.1) is 6.20 Å². The summed E-state index contributed by atoms with van der Waals surface area (Å²) in [5.74, 6) is -0.400. The third-order valence-electron chi connectivity index (χ3n) is 2.08. The van der Waals surface area contributed by atoms with Gasteiger partial charge in [-0.3, -0.25) is 14.7 Å². The molecule has 0 aliphatic carbocycles. The summed E-state index contributed by atoms with van der Waals surface area (Å²) in [7, 11) is 0. The van der Waals surface area contributed by atoms with Crippen LogP contribution >= 0.6 is 0 Å². The standard InChI is InChI=1S/C10H10N4O2/c15-9-1-2-11-6-8(9)10(16)12-3-7-4-13-14-5-7/h1-2,4-6H,3H2,(H,11,15)(H,12,16)(H,13,14). The molecule has 16 heavy (non-hydrogen) atoms. The molecular weight excluding hydrogens is 208 g/mol. The van der Waals surface area contributed by atoms with Crippen molar-refractivity contribution in [3.05, 3.63) is 52.2 Å². The maximum Gasteiger partial charge on any atom is 0.257 e. The van der Waals surface area contributed by atoms with Crippen molar-refractivity contribution in [2.45, 2.75) is 6.54 Å². The van der Waals surface area contributed by atoms with Gasteiger partial charge in [0, 0.05) is 36.8 Å². The smallest absolute Gasteiger partial charge is 0.257 e. The normalized spacial score (nSPS) is 10.0. The summed E-state index contributed by atoms with van der Waals surface area (Å²) in [5, 5.41) is 9.00. The van der Waals surface area contributed by atoms with Crippen LogP contribution in [-0.4, -0.2) is 21.1 Å². The third kappa shape index (κ3) is 2.17. The van der Waals surface area contributed by atoms with Crippen LogP contribution in [0.1, 0.15) is 15.9 Å². The van der Waals surface area contributed by atoms with Gasteiger partial charge >= 0.3 is 0 Å². The van der Waals surface area contributed by atoms with Gasteiger partial charge < -0.3 is 10.3 Å². The van der Waals surface area contributed by atoms with Gasteiger partial charge in [0.15, 0.2) is 5.43 Å². The summed E-state index contributed by atoms with van der Waals surface area (Å²) in [6.45, 7) is 0.337. The Hall–Kier alpha value is -2.37. The predicted molar refractivity (Wildman–Crippen MR) is 56.8 cm³/mol. The molecule has 0 aliphatic heterocycles. The number of carbonyl (C=O) groups is 1. The Morgan fingerprint density at radius 1 is 1.44 bits per heavy atom. The van der Waals surface area contributed by atoms with Crippen LogP contribution in [0, 0.1) is 0 Å². The maximum atomic E-state index is 11.6. The predicted octanol–water partition coefficient (Wildman–Crippen LogP) is 0.0280. The largest absolute Gasteiger partial charge is 0.367 e. The average Bonchev–Trinajstić information content (AvgIpc) is 2.79. The number of aromatic nitrogens is 3. The molecule has 0 saturated heterocycles. The van der Waals surface area contributed by atoms with E-state index in [1.807, 2.05) is 0 Å². The van der Waals surface area contributed by atoms with Crippen molar-refractivity contribution >= 4 is 5.91 Å². The third-order valence-corrected chi connectivity index (χ3v) is 2.08. The highest BCUT2D eigenvalue weighted by Gasteiger charge is 2.08. The van der Waals surface area contributed by atoms with Gasteiger partial charge in [-0.15, -0.1) is 0 Å². The van der Waals surface area contributed by atoms with Crippen molar-refractivity contribution in [1.82, 2.24) is 20.5 Å². The van der Waals surface area contributed by atoms with Crippen LogP contribution in [0.5, 0.6) is 0 Å².